The molecular formula is C20H32N4O4. The molecule has 0 bridgehead atoms. The fourth-order valence-corrected chi connectivity index (χ4v) is 3.30. The van der Waals surface area contributed by atoms with Gasteiger partial charge >= 0.3 is 0 Å². The van der Waals surface area contributed by atoms with E-state index in [4.69, 9.17) is 0 Å². The second-order valence-electron chi connectivity index (χ2n) is 7.28. The number of likely N-dealkylation sites (tertiary alicyclic amines) is 1. The van der Waals surface area contributed by atoms with E-state index in [1.165, 1.54) is 4.90 Å². The number of rotatable bonds is 10. The van der Waals surface area contributed by atoms with Crippen LogP contribution in [0.4, 0.5) is 0 Å². The fourth-order valence-electron chi connectivity index (χ4n) is 3.30. The van der Waals surface area contributed by atoms with E-state index in [9.17, 15) is 19.2 Å². The van der Waals surface area contributed by atoms with E-state index >= 15 is 0 Å². The summed E-state index contributed by atoms with van der Waals surface area (Å²) in [6, 6.07) is -0.787. The van der Waals surface area contributed by atoms with Gasteiger partial charge in [0.05, 0.1) is 12.6 Å². The molecule has 4 amide bonds. The summed E-state index contributed by atoms with van der Waals surface area (Å²) < 4.78 is 0. The van der Waals surface area contributed by atoms with Crippen molar-refractivity contribution in [2.45, 2.75) is 45.7 Å². The van der Waals surface area contributed by atoms with E-state index in [-0.39, 0.29) is 36.2 Å². The average molecular weight is 393 g/mol. The first-order valence-electron chi connectivity index (χ1n) is 9.55. The Morgan fingerprint density at radius 3 is 2.57 bits per heavy atom. The first-order valence-corrected chi connectivity index (χ1v) is 9.55. The molecule has 0 radical (unpaired) electrons. The minimum atomic E-state index is -0.482. The van der Waals surface area contributed by atoms with E-state index in [0.717, 1.165) is 6.42 Å². The van der Waals surface area contributed by atoms with Gasteiger partial charge in [0.25, 0.3) is 0 Å². The van der Waals surface area contributed by atoms with Crippen LogP contribution in [0.5, 0.6) is 0 Å². The molecule has 1 aliphatic heterocycles. The van der Waals surface area contributed by atoms with Gasteiger partial charge in [-0.15, -0.1) is 6.58 Å². The normalized spacial score (nSPS) is 17.8. The zero-order valence-electron chi connectivity index (χ0n) is 17.2. The van der Waals surface area contributed by atoms with Gasteiger partial charge in [0, 0.05) is 25.7 Å². The van der Waals surface area contributed by atoms with Crippen LogP contribution in [-0.2, 0) is 19.2 Å². The lowest BCUT2D eigenvalue weighted by atomic mass is 9.99. The summed E-state index contributed by atoms with van der Waals surface area (Å²) in [6.45, 7) is 9.99. The zero-order chi connectivity index (χ0) is 21.3. The molecule has 8 heteroatoms. The Labute approximate surface area is 167 Å². The van der Waals surface area contributed by atoms with Crippen LogP contribution in [0.1, 0.15) is 33.6 Å². The van der Waals surface area contributed by atoms with Crippen molar-refractivity contribution in [2.75, 3.05) is 26.7 Å². The third-order valence-electron chi connectivity index (χ3n) is 4.86. The molecule has 1 fully saturated rings. The Morgan fingerprint density at radius 2 is 2.00 bits per heavy atom. The number of carbonyl (C=O) groups is 4. The van der Waals surface area contributed by atoms with Crippen molar-refractivity contribution in [3.63, 3.8) is 0 Å². The highest BCUT2D eigenvalue weighted by Gasteiger charge is 2.34. The maximum absolute atomic E-state index is 13.0. The molecule has 2 atom stereocenters. The number of carbonyl (C=O) groups excluding carboxylic acids is 4. The lowest BCUT2D eigenvalue weighted by Gasteiger charge is -2.30. The highest BCUT2D eigenvalue weighted by atomic mass is 16.2. The number of nitrogens with one attached hydrogen (secondary N) is 2. The van der Waals surface area contributed by atoms with Gasteiger partial charge in [0.1, 0.15) is 6.04 Å². The van der Waals surface area contributed by atoms with Gasteiger partial charge in [0.2, 0.25) is 24.1 Å². The minimum Gasteiger partial charge on any atom is -0.351 e. The van der Waals surface area contributed by atoms with Crippen LogP contribution in [0.25, 0.3) is 0 Å². The molecule has 156 valence electrons. The van der Waals surface area contributed by atoms with Crippen molar-refractivity contribution in [2.24, 2.45) is 5.92 Å². The molecule has 0 aromatic heterocycles. The van der Waals surface area contributed by atoms with Gasteiger partial charge in [-0.05, 0) is 25.7 Å². The number of amides is 4. The molecule has 0 spiro atoms. The fraction of sp³-hybridized carbons (Fsp3) is 0.600. The van der Waals surface area contributed by atoms with Crippen LogP contribution in [0.15, 0.2) is 24.3 Å². The standard InChI is InChI=1S/C20H32N4O4/c1-6-9-22-19(27)16-8-7-10-24(16)20(28)15(4)11-17(14(2)3)23(5)18(26)12-21-13-25/h6,11,13-14,16-17H,1,7-10,12H2,2-5H3,(H,21,25)(H,22,27)/b15-11+/t16-,17+/m0/s1. The molecule has 1 aliphatic rings. The SMILES string of the molecule is C=CCNC(=O)[C@@H]1CCCN1C(=O)/C(C)=C/[C@H](C(C)C)N(C)C(=O)CNC=O. The second kappa shape index (κ2) is 11.3. The van der Waals surface area contributed by atoms with Crippen molar-refractivity contribution < 1.29 is 19.2 Å². The molecule has 1 saturated heterocycles. The molecule has 1 rings (SSSR count). The number of hydrogen-bond acceptors (Lipinski definition) is 4. The highest BCUT2D eigenvalue weighted by Crippen LogP contribution is 2.21. The van der Waals surface area contributed by atoms with Gasteiger partial charge in [-0.3, -0.25) is 19.2 Å². The van der Waals surface area contributed by atoms with Gasteiger partial charge in [-0.25, -0.2) is 0 Å². The predicted molar refractivity (Wildman–Crippen MR) is 107 cm³/mol. The van der Waals surface area contributed by atoms with Crippen LogP contribution in [0, 0.1) is 5.92 Å². The largest absolute Gasteiger partial charge is 0.351 e. The van der Waals surface area contributed by atoms with Crippen molar-refractivity contribution in [1.29, 1.82) is 0 Å². The molecule has 0 aliphatic carbocycles. The number of likely N-dealkylation sites (N-methyl/N-ethyl adjacent to an activating group) is 1. The van der Waals surface area contributed by atoms with E-state index in [0.29, 0.717) is 31.5 Å². The maximum Gasteiger partial charge on any atom is 0.249 e. The quantitative estimate of drug-likeness (QED) is 0.320. The monoisotopic (exact) mass is 392 g/mol. The van der Waals surface area contributed by atoms with E-state index in [1.54, 1.807) is 31.0 Å². The molecule has 1 heterocycles. The Kier molecular flexibility index (Phi) is 9.41. The molecule has 28 heavy (non-hydrogen) atoms. The summed E-state index contributed by atoms with van der Waals surface area (Å²) in [5.74, 6) is -0.552. The summed E-state index contributed by atoms with van der Waals surface area (Å²) >= 11 is 0. The van der Waals surface area contributed by atoms with Crippen LogP contribution < -0.4 is 10.6 Å². The van der Waals surface area contributed by atoms with Crippen molar-refractivity contribution in [1.82, 2.24) is 20.4 Å². The first-order chi connectivity index (χ1) is 13.2. The van der Waals surface area contributed by atoms with E-state index in [1.807, 2.05) is 13.8 Å². The topological polar surface area (TPSA) is 98.8 Å². The van der Waals surface area contributed by atoms with Crippen LogP contribution in [0.2, 0.25) is 0 Å². The second-order valence-corrected chi connectivity index (χ2v) is 7.28. The minimum absolute atomic E-state index is 0.0678. The lowest BCUT2D eigenvalue weighted by molar-refractivity contribution is -0.135. The third-order valence-corrected chi connectivity index (χ3v) is 4.86. The molecular weight excluding hydrogens is 360 g/mol. The zero-order valence-corrected chi connectivity index (χ0v) is 17.2. The van der Waals surface area contributed by atoms with Crippen molar-refractivity contribution in [3.05, 3.63) is 24.3 Å². The smallest absolute Gasteiger partial charge is 0.249 e. The van der Waals surface area contributed by atoms with Gasteiger partial charge in [0.15, 0.2) is 0 Å². The summed E-state index contributed by atoms with van der Waals surface area (Å²) in [6.07, 6.45) is 5.25. The average Bonchev–Trinajstić information content (AvgIpc) is 3.16. The Morgan fingerprint density at radius 1 is 1.32 bits per heavy atom. The Bertz CT molecular complexity index is 630. The summed E-state index contributed by atoms with van der Waals surface area (Å²) in [5, 5.41) is 5.11. The molecule has 2 N–H and O–H groups in total. The molecule has 0 saturated carbocycles. The summed E-state index contributed by atoms with van der Waals surface area (Å²) in [7, 11) is 1.65. The van der Waals surface area contributed by atoms with E-state index < -0.39 is 6.04 Å². The van der Waals surface area contributed by atoms with E-state index in [2.05, 4.69) is 17.2 Å². The lowest BCUT2D eigenvalue weighted by Crippen LogP contribution is -2.47. The maximum atomic E-state index is 13.0. The predicted octanol–water partition coefficient (Wildman–Crippen LogP) is 0.455. The van der Waals surface area contributed by atoms with Crippen LogP contribution in [0.3, 0.4) is 0 Å². The summed E-state index contributed by atoms with van der Waals surface area (Å²) in [4.78, 5) is 51.0. The Balaban J connectivity index is 2.93. The molecule has 0 unspecified atom stereocenters. The third kappa shape index (κ3) is 6.21. The van der Waals surface area contributed by atoms with Crippen LogP contribution >= 0.6 is 0 Å². The van der Waals surface area contributed by atoms with Gasteiger partial charge in [-0.1, -0.05) is 26.0 Å². The summed E-state index contributed by atoms with van der Waals surface area (Å²) in [5.41, 5.74) is 0.491. The molecule has 8 nitrogen and oxygen atoms in total. The van der Waals surface area contributed by atoms with Crippen molar-refractivity contribution in [3.8, 4) is 0 Å². The Hall–Kier alpha value is -2.64. The van der Waals surface area contributed by atoms with Gasteiger partial charge < -0.3 is 20.4 Å². The first kappa shape index (κ1) is 23.4. The van der Waals surface area contributed by atoms with Crippen molar-refractivity contribution >= 4 is 24.1 Å². The number of nitrogens with zero attached hydrogens (tertiary/aromatic N) is 2. The van der Waals surface area contributed by atoms with Crippen LogP contribution in [-0.4, -0.2) is 72.7 Å². The number of hydrogen-bond donors (Lipinski definition) is 2. The molecule has 0 aromatic carbocycles. The van der Waals surface area contributed by atoms with Gasteiger partial charge in [-0.2, -0.15) is 0 Å². The molecule has 0 aromatic rings. The highest BCUT2D eigenvalue weighted by molar-refractivity contribution is 5.97.